The van der Waals surface area contributed by atoms with Crippen LogP contribution >= 0.6 is 0 Å². The van der Waals surface area contributed by atoms with Gasteiger partial charge in [0, 0.05) is 17.0 Å². The average Bonchev–Trinajstić information content (AvgIpc) is 2.86. The molecule has 5 rings (SSSR count). The van der Waals surface area contributed by atoms with Crippen LogP contribution < -0.4 is 4.74 Å². The van der Waals surface area contributed by atoms with E-state index in [0.29, 0.717) is 0 Å². The van der Waals surface area contributed by atoms with Gasteiger partial charge in [0.1, 0.15) is 5.75 Å². The fourth-order valence-corrected chi connectivity index (χ4v) is 4.23. The minimum atomic E-state index is 0.735. The Kier molecular flexibility index (Phi) is 6.30. The van der Waals surface area contributed by atoms with E-state index in [-0.39, 0.29) is 0 Å². The van der Waals surface area contributed by atoms with Crippen molar-refractivity contribution in [3.8, 4) is 5.75 Å². The molecule has 0 N–H and O–H groups in total. The fraction of sp³-hybridized carbons (Fsp3) is 0.200. The summed E-state index contributed by atoms with van der Waals surface area (Å²) in [4.78, 5) is 9.23. The third-order valence-electron chi connectivity index (χ3n) is 6.09. The summed E-state index contributed by atoms with van der Waals surface area (Å²) in [7, 11) is 0. The largest absolute Gasteiger partial charge is 0.494 e. The minimum absolute atomic E-state index is 0.735. The lowest BCUT2D eigenvalue weighted by Gasteiger charge is -2.09. The quantitative estimate of drug-likeness (QED) is 0.198. The van der Waals surface area contributed by atoms with Crippen LogP contribution in [0.2, 0.25) is 0 Å². The summed E-state index contributed by atoms with van der Waals surface area (Å²) in [6.45, 7) is 2.83. The first kappa shape index (κ1) is 21.1. The van der Waals surface area contributed by atoms with Crippen molar-refractivity contribution >= 4 is 21.8 Å². The highest BCUT2D eigenvalue weighted by molar-refractivity contribution is 6.04. The van der Waals surface area contributed by atoms with Crippen LogP contribution in [0.25, 0.3) is 21.8 Å². The van der Waals surface area contributed by atoms with Crippen LogP contribution in [-0.2, 0) is 19.3 Å². The molecule has 0 aliphatic heterocycles. The number of hydrogen-bond acceptors (Lipinski definition) is 3. The third kappa shape index (κ3) is 5.20. The van der Waals surface area contributed by atoms with Crippen molar-refractivity contribution in [2.75, 3.05) is 6.61 Å². The van der Waals surface area contributed by atoms with E-state index in [1.165, 1.54) is 33.0 Å². The zero-order valence-corrected chi connectivity index (χ0v) is 19.0. The number of benzene rings is 3. The number of hydrogen-bond donors (Lipinski definition) is 0. The predicted molar refractivity (Wildman–Crippen MR) is 136 cm³/mol. The van der Waals surface area contributed by atoms with Crippen LogP contribution in [0.5, 0.6) is 5.75 Å². The van der Waals surface area contributed by atoms with Crippen molar-refractivity contribution in [1.82, 2.24) is 9.97 Å². The molecule has 3 aromatic carbocycles. The molecule has 0 radical (unpaired) electrons. The molecule has 0 unspecified atom stereocenters. The van der Waals surface area contributed by atoms with Crippen molar-refractivity contribution in [1.29, 1.82) is 0 Å². The first-order valence-electron chi connectivity index (χ1n) is 11.6. The second-order valence-electron chi connectivity index (χ2n) is 8.64. The Balaban J connectivity index is 1.18. The number of aryl methyl sites for hydroxylation is 4. The highest BCUT2D eigenvalue weighted by atomic mass is 16.5. The van der Waals surface area contributed by atoms with E-state index in [0.717, 1.165) is 49.1 Å². The second kappa shape index (κ2) is 9.83. The molecule has 2 aromatic heterocycles. The van der Waals surface area contributed by atoms with Gasteiger partial charge in [0.25, 0.3) is 0 Å². The standard InChI is InChI=1S/C30H28N2O/c1-22-9-16-27-28-19-25(20-31-30(28)21-32-29(27)18-22)11-10-24-12-14-26(15-13-24)33-17-5-8-23-6-3-2-4-7-23/h2-4,6-7,9,12-16,18-21H,5,8,10-11,17H2,1H3. The molecule has 2 heterocycles. The Hall–Kier alpha value is -3.72. The first-order valence-corrected chi connectivity index (χ1v) is 11.6. The third-order valence-corrected chi connectivity index (χ3v) is 6.09. The molecule has 0 aliphatic carbocycles. The molecule has 0 saturated heterocycles. The van der Waals surface area contributed by atoms with E-state index in [9.17, 15) is 0 Å². The molecular formula is C30H28N2O. The minimum Gasteiger partial charge on any atom is -0.494 e. The Morgan fingerprint density at radius 2 is 1.39 bits per heavy atom. The lowest BCUT2D eigenvalue weighted by molar-refractivity contribution is 0.311. The summed E-state index contributed by atoms with van der Waals surface area (Å²) < 4.78 is 5.93. The molecule has 0 aliphatic rings. The normalized spacial score (nSPS) is 11.2. The van der Waals surface area contributed by atoms with Crippen LogP contribution in [0.1, 0.15) is 28.7 Å². The van der Waals surface area contributed by atoms with Crippen LogP contribution in [0.4, 0.5) is 0 Å². The summed E-state index contributed by atoms with van der Waals surface area (Å²) in [6, 6.07) is 27.8. The molecule has 0 atom stereocenters. The molecule has 0 fully saturated rings. The van der Waals surface area contributed by atoms with E-state index in [1.54, 1.807) is 0 Å². The highest BCUT2D eigenvalue weighted by Crippen LogP contribution is 2.24. The fourth-order valence-electron chi connectivity index (χ4n) is 4.23. The van der Waals surface area contributed by atoms with Gasteiger partial charge in [-0.15, -0.1) is 0 Å². The molecule has 3 nitrogen and oxygen atoms in total. The number of rotatable bonds is 8. The summed E-state index contributed by atoms with van der Waals surface area (Å²) in [6.07, 6.45) is 7.85. The van der Waals surface area contributed by atoms with Gasteiger partial charge in [0.2, 0.25) is 0 Å². The Morgan fingerprint density at radius 3 is 2.24 bits per heavy atom. The van der Waals surface area contributed by atoms with Gasteiger partial charge in [-0.25, -0.2) is 0 Å². The van der Waals surface area contributed by atoms with Gasteiger partial charge in [-0.3, -0.25) is 9.97 Å². The van der Waals surface area contributed by atoms with Gasteiger partial charge in [-0.1, -0.05) is 54.6 Å². The number of nitrogens with zero attached hydrogens (tertiary/aromatic N) is 2. The number of ether oxygens (including phenoxy) is 1. The Bertz CT molecular complexity index is 1360. The molecular weight excluding hydrogens is 404 g/mol. The zero-order chi connectivity index (χ0) is 22.5. The van der Waals surface area contributed by atoms with Gasteiger partial charge in [0.15, 0.2) is 0 Å². The number of fused-ring (bicyclic) bond motifs is 3. The highest BCUT2D eigenvalue weighted by Gasteiger charge is 2.06. The van der Waals surface area contributed by atoms with E-state index in [1.807, 2.05) is 12.4 Å². The van der Waals surface area contributed by atoms with Crippen molar-refractivity contribution in [3.63, 3.8) is 0 Å². The number of aromatic nitrogens is 2. The summed E-state index contributed by atoms with van der Waals surface area (Å²) >= 11 is 0. The van der Waals surface area contributed by atoms with Crippen LogP contribution in [0.3, 0.4) is 0 Å². The van der Waals surface area contributed by atoms with Crippen molar-refractivity contribution < 1.29 is 4.74 Å². The van der Waals surface area contributed by atoms with Crippen LogP contribution in [-0.4, -0.2) is 16.6 Å². The summed E-state index contributed by atoms with van der Waals surface area (Å²) in [5.41, 5.74) is 7.12. The van der Waals surface area contributed by atoms with Crippen molar-refractivity contribution in [2.45, 2.75) is 32.6 Å². The second-order valence-corrected chi connectivity index (χ2v) is 8.64. The number of pyridine rings is 2. The van der Waals surface area contributed by atoms with Crippen LogP contribution in [0, 0.1) is 6.92 Å². The molecule has 164 valence electrons. The predicted octanol–water partition coefficient (Wildman–Crippen LogP) is 6.89. The SMILES string of the molecule is Cc1ccc2c(c1)ncc1ncc(CCc3ccc(OCCCc4ccccc4)cc3)cc12. The molecule has 5 aromatic rings. The molecule has 0 saturated carbocycles. The van der Waals surface area contributed by atoms with E-state index in [4.69, 9.17) is 4.74 Å². The lowest BCUT2D eigenvalue weighted by Crippen LogP contribution is -1.99. The Labute approximate surface area is 195 Å². The molecule has 0 amide bonds. The lowest BCUT2D eigenvalue weighted by atomic mass is 10.0. The van der Waals surface area contributed by atoms with E-state index in [2.05, 4.69) is 95.8 Å². The zero-order valence-electron chi connectivity index (χ0n) is 19.0. The van der Waals surface area contributed by atoms with Gasteiger partial charge >= 0.3 is 0 Å². The molecule has 3 heteroatoms. The topological polar surface area (TPSA) is 35.0 Å². The van der Waals surface area contributed by atoms with Crippen LogP contribution in [0.15, 0.2) is 91.3 Å². The van der Waals surface area contributed by atoms with Crippen molar-refractivity contribution in [3.05, 3.63) is 114 Å². The van der Waals surface area contributed by atoms with Gasteiger partial charge in [-0.05, 0) is 79.1 Å². The van der Waals surface area contributed by atoms with E-state index < -0.39 is 0 Å². The monoisotopic (exact) mass is 432 g/mol. The molecule has 33 heavy (non-hydrogen) atoms. The smallest absolute Gasteiger partial charge is 0.119 e. The summed E-state index contributed by atoms with van der Waals surface area (Å²) in [5.74, 6) is 0.938. The molecule has 0 bridgehead atoms. The summed E-state index contributed by atoms with van der Waals surface area (Å²) in [5, 5.41) is 2.35. The van der Waals surface area contributed by atoms with Gasteiger partial charge < -0.3 is 4.74 Å². The maximum absolute atomic E-state index is 5.93. The average molecular weight is 433 g/mol. The maximum atomic E-state index is 5.93. The van der Waals surface area contributed by atoms with E-state index >= 15 is 0 Å². The Morgan fingerprint density at radius 1 is 0.636 bits per heavy atom. The molecule has 0 spiro atoms. The first-order chi connectivity index (χ1) is 16.2. The maximum Gasteiger partial charge on any atom is 0.119 e. The van der Waals surface area contributed by atoms with Gasteiger partial charge in [0.05, 0.1) is 23.8 Å². The van der Waals surface area contributed by atoms with Gasteiger partial charge in [-0.2, -0.15) is 0 Å². The van der Waals surface area contributed by atoms with Crippen molar-refractivity contribution in [2.24, 2.45) is 0 Å².